The normalized spacial score (nSPS) is 11.8. The lowest BCUT2D eigenvalue weighted by Gasteiger charge is -2.15. The molecule has 1 amide bonds. The highest BCUT2D eigenvalue weighted by Gasteiger charge is 2.17. The Morgan fingerprint density at radius 3 is 2.37 bits per heavy atom. The first kappa shape index (κ1) is 24.2. The fourth-order valence-electron chi connectivity index (χ4n) is 4.09. The van der Waals surface area contributed by atoms with Crippen LogP contribution in [0.15, 0.2) is 83.7 Å². The summed E-state index contributed by atoms with van der Waals surface area (Å²) in [6.07, 6.45) is 0.834. The van der Waals surface area contributed by atoms with Crippen molar-refractivity contribution in [2.24, 2.45) is 0 Å². The second kappa shape index (κ2) is 11.4. The average molecular weight is 472 g/mol. The van der Waals surface area contributed by atoms with E-state index in [0.717, 1.165) is 19.5 Å². The van der Waals surface area contributed by atoms with Gasteiger partial charge in [0.2, 0.25) is 0 Å². The van der Waals surface area contributed by atoms with Gasteiger partial charge < -0.3 is 15.0 Å². The van der Waals surface area contributed by atoms with Crippen LogP contribution in [-0.4, -0.2) is 42.4 Å². The molecule has 0 aliphatic carbocycles. The summed E-state index contributed by atoms with van der Waals surface area (Å²) in [6, 6.07) is 24.6. The Morgan fingerprint density at radius 2 is 1.66 bits per heavy atom. The van der Waals surface area contributed by atoms with Gasteiger partial charge in [0.1, 0.15) is 12.3 Å². The molecule has 0 spiro atoms. The van der Waals surface area contributed by atoms with E-state index < -0.39 is 0 Å². The molecule has 7 heteroatoms. The van der Waals surface area contributed by atoms with Gasteiger partial charge in [-0.15, -0.1) is 0 Å². The molecule has 0 radical (unpaired) electrons. The van der Waals surface area contributed by atoms with Gasteiger partial charge in [-0.3, -0.25) is 9.59 Å². The minimum atomic E-state index is -0.290. The molecule has 1 heterocycles. The number of hydrogen-bond donors (Lipinski definition) is 2. The second-order valence-corrected chi connectivity index (χ2v) is 8.52. The van der Waals surface area contributed by atoms with Crippen LogP contribution in [0.4, 0.5) is 0 Å². The molecular formula is C28H31N4O3+. The van der Waals surface area contributed by atoms with Gasteiger partial charge in [0.05, 0.1) is 31.3 Å². The number of quaternary nitrogens is 1. The van der Waals surface area contributed by atoms with Crippen LogP contribution in [0.1, 0.15) is 29.4 Å². The molecule has 4 rings (SSSR count). The third kappa shape index (κ3) is 5.94. The second-order valence-electron chi connectivity index (χ2n) is 8.52. The zero-order valence-electron chi connectivity index (χ0n) is 20.2. The summed E-state index contributed by atoms with van der Waals surface area (Å²) < 4.78 is 6.77. The van der Waals surface area contributed by atoms with Crippen molar-refractivity contribution in [1.29, 1.82) is 0 Å². The van der Waals surface area contributed by atoms with Gasteiger partial charge in [-0.25, -0.2) is 0 Å². The summed E-state index contributed by atoms with van der Waals surface area (Å²) in [6.45, 7) is 4.87. The summed E-state index contributed by atoms with van der Waals surface area (Å²) in [7, 11) is 2.15. The number of nitrogens with one attached hydrogen (secondary N) is 2. The Bertz CT molecular complexity index is 1330. The largest absolute Gasteiger partial charge is 0.494 e. The maximum Gasteiger partial charge on any atom is 0.279 e. The van der Waals surface area contributed by atoms with Crippen LogP contribution in [0.25, 0.3) is 16.5 Å². The summed E-state index contributed by atoms with van der Waals surface area (Å²) in [4.78, 5) is 27.6. The quantitative estimate of drug-likeness (QED) is 0.349. The van der Waals surface area contributed by atoms with Gasteiger partial charge in [-0.1, -0.05) is 48.5 Å². The molecule has 180 valence electrons. The van der Waals surface area contributed by atoms with Crippen molar-refractivity contribution in [1.82, 2.24) is 15.1 Å². The van der Waals surface area contributed by atoms with Crippen molar-refractivity contribution >= 4 is 16.7 Å². The fraction of sp³-hybridized carbons (Fsp3) is 0.250. The molecule has 1 aromatic heterocycles. The van der Waals surface area contributed by atoms with E-state index in [-0.39, 0.29) is 17.2 Å². The maximum atomic E-state index is 13.1. The number of ether oxygens (including phenoxy) is 1. The first-order valence-corrected chi connectivity index (χ1v) is 12.0. The third-order valence-electron chi connectivity index (χ3n) is 5.83. The van der Waals surface area contributed by atoms with Crippen molar-refractivity contribution in [3.05, 3.63) is 100 Å². The third-order valence-corrected chi connectivity index (χ3v) is 5.83. The lowest BCUT2D eigenvalue weighted by atomic mass is 10.1. The van der Waals surface area contributed by atoms with Crippen molar-refractivity contribution < 1.29 is 14.4 Å². The Kier molecular flexibility index (Phi) is 7.90. The lowest BCUT2D eigenvalue weighted by Crippen LogP contribution is -3.07. The monoisotopic (exact) mass is 471 g/mol. The lowest BCUT2D eigenvalue weighted by molar-refractivity contribution is -0.893. The van der Waals surface area contributed by atoms with Crippen LogP contribution in [0.3, 0.4) is 0 Å². The van der Waals surface area contributed by atoms with Crippen LogP contribution >= 0.6 is 0 Å². The van der Waals surface area contributed by atoms with Crippen molar-refractivity contribution in [2.45, 2.75) is 19.9 Å². The molecule has 1 unspecified atom stereocenters. The molecule has 0 fully saturated rings. The van der Waals surface area contributed by atoms with Gasteiger partial charge >= 0.3 is 0 Å². The molecule has 0 saturated carbocycles. The molecule has 0 bridgehead atoms. The number of hydrogen-bond acceptors (Lipinski definition) is 4. The Hall–Kier alpha value is -3.97. The average Bonchev–Trinajstić information content (AvgIpc) is 2.88. The van der Waals surface area contributed by atoms with Gasteiger partial charge in [-0.2, -0.15) is 9.78 Å². The van der Waals surface area contributed by atoms with Crippen LogP contribution < -0.4 is 20.5 Å². The highest BCUT2D eigenvalue weighted by molar-refractivity contribution is 6.04. The molecule has 0 aliphatic heterocycles. The fourth-order valence-corrected chi connectivity index (χ4v) is 4.09. The molecule has 35 heavy (non-hydrogen) atoms. The molecule has 1 atom stereocenters. The maximum absolute atomic E-state index is 13.1. The summed E-state index contributed by atoms with van der Waals surface area (Å²) in [5, 5.41) is 8.44. The highest BCUT2D eigenvalue weighted by Crippen LogP contribution is 2.17. The Labute approximate surface area is 205 Å². The molecular weight excluding hydrogens is 440 g/mol. The molecule has 4 aromatic rings. The molecule has 3 aromatic carbocycles. The van der Waals surface area contributed by atoms with E-state index in [1.807, 2.05) is 31.2 Å². The van der Waals surface area contributed by atoms with E-state index in [9.17, 15) is 9.59 Å². The molecule has 7 nitrogen and oxygen atoms in total. The predicted molar refractivity (Wildman–Crippen MR) is 137 cm³/mol. The zero-order chi connectivity index (χ0) is 24.6. The first-order valence-electron chi connectivity index (χ1n) is 12.0. The van der Waals surface area contributed by atoms with Crippen LogP contribution in [0.5, 0.6) is 5.75 Å². The predicted octanol–water partition coefficient (Wildman–Crippen LogP) is 2.62. The number of aromatic nitrogens is 2. The van der Waals surface area contributed by atoms with Crippen molar-refractivity contribution in [3.63, 3.8) is 0 Å². The summed E-state index contributed by atoms with van der Waals surface area (Å²) in [5.41, 5.74) is 1.83. The number of amides is 1. The minimum absolute atomic E-state index is 0.235. The number of rotatable bonds is 10. The van der Waals surface area contributed by atoms with Crippen LogP contribution in [-0.2, 0) is 6.54 Å². The highest BCUT2D eigenvalue weighted by atomic mass is 16.5. The Morgan fingerprint density at radius 1 is 0.971 bits per heavy atom. The zero-order valence-corrected chi connectivity index (χ0v) is 20.2. The smallest absolute Gasteiger partial charge is 0.279 e. The number of fused-ring (bicyclic) bond motifs is 1. The summed E-state index contributed by atoms with van der Waals surface area (Å²) >= 11 is 0. The molecule has 2 N–H and O–H groups in total. The van der Waals surface area contributed by atoms with Gasteiger partial charge in [-0.05, 0) is 37.3 Å². The number of benzene rings is 3. The Balaban J connectivity index is 1.48. The van der Waals surface area contributed by atoms with E-state index >= 15 is 0 Å². The van der Waals surface area contributed by atoms with E-state index in [0.29, 0.717) is 35.4 Å². The van der Waals surface area contributed by atoms with E-state index in [1.165, 1.54) is 15.1 Å². The van der Waals surface area contributed by atoms with Crippen molar-refractivity contribution in [3.8, 4) is 11.4 Å². The minimum Gasteiger partial charge on any atom is -0.494 e. The van der Waals surface area contributed by atoms with Crippen LogP contribution in [0, 0.1) is 0 Å². The van der Waals surface area contributed by atoms with Gasteiger partial charge in [0.15, 0.2) is 5.69 Å². The standard InChI is InChI=1S/C28H30N4O3/c1-3-35-23-16-14-22(15-17-23)32-28(34)25-13-8-7-12-24(25)26(30-32)27(33)29-18-9-19-31(2)20-21-10-5-4-6-11-21/h4-8,10-17H,3,9,18-20H2,1-2H3,(H,29,33)/p+1. The number of nitrogens with zero attached hydrogens (tertiary/aromatic N) is 2. The molecule has 0 saturated heterocycles. The molecule has 0 aliphatic rings. The van der Waals surface area contributed by atoms with Crippen molar-refractivity contribution in [2.75, 3.05) is 26.7 Å². The van der Waals surface area contributed by atoms with E-state index in [2.05, 4.69) is 29.6 Å². The van der Waals surface area contributed by atoms with Gasteiger partial charge in [0.25, 0.3) is 11.5 Å². The first-order chi connectivity index (χ1) is 17.1. The van der Waals surface area contributed by atoms with E-state index in [4.69, 9.17) is 4.74 Å². The van der Waals surface area contributed by atoms with Crippen LogP contribution in [0.2, 0.25) is 0 Å². The van der Waals surface area contributed by atoms with Gasteiger partial charge in [0, 0.05) is 23.9 Å². The number of carbonyl (C=O) groups is 1. The SMILES string of the molecule is CCOc1ccc(-n2nc(C(=O)NCCC[NH+](C)Cc3ccccc3)c3ccccc3c2=O)cc1. The summed E-state index contributed by atoms with van der Waals surface area (Å²) in [5.74, 6) is 0.420. The topological polar surface area (TPSA) is 77.7 Å². The van der Waals surface area contributed by atoms with E-state index in [1.54, 1.807) is 42.5 Å². The number of carbonyl (C=O) groups excluding carboxylic acids is 1.